The van der Waals surface area contributed by atoms with Crippen molar-refractivity contribution in [2.24, 2.45) is 11.0 Å². The molecule has 1 saturated heterocycles. The highest BCUT2D eigenvalue weighted by Gasteiger charge is 2.24. The zero-order valence-corrected chi connectivity index (χ0v) is 22.4. The molecule has 0 spiro atoms. The Bertz CT molecular complexity index is 1620. The molecule has 10 nitrogen and oxygen atoms in total. The number of fused-ring (bicyclic) bond motifs is 1. The van der Waals surface area contributed by atoms with E-state index in [0.29, 0.717) is 41.0 Å². The van der Waals surface area contributed by atoms with Gasteiger partial charge in [0.2, 0.25) is 0 Å². The first-order valence-electron chi connectivity index (χ1n) is 13.7. The summed E-state index contributed by atoms with van der Waals surface area (Å²) in [5, 5.41) is 7.70. The molecule has 10 heteroatoms. The van der Waals surface area contributed by atoms with Crippen molar-refractivity contribution in [2.75, 3.05) is 23.3 Å². The number of piperidine rings is 1. The number of amides is 1. The van der Waals surface area contributed by atoms with E-state index < -0.39 is 0 Å². The summed E-state index contributed by atoms with van der Waals surface area (Å²) in [6, 6.07) is 22.6. The largest absolute Gasteiger partial charge is 0.371 e. The molecule has 4 aromatic rings. The molecule has 40 heavy (non-hydrogen) atoms. The van der Waals surface area contributed by atoms with Crippen LogP contribution in [0.1, 0.15) is 41.5 Å². The lowest BCUT2D eigenvalue weighted by atomic mass is 9.95. The Hall–Kier alpha value is -4.70. The van der Waals surface area contributed by atoms with E-state index in [4.69, 9.17) is 4.98 Å². The van der Waals surface area contributed by atoms with E-state index in [0.717, 1.165) is 48.8 Å². The highest BCUT2D eigenvalue weighted by molar-refractivity contribution is 6.05. The molecule has 3 heterocycles. The average Bonchev–Trinajstić information content (AvgIpc) is 3.55. The number of aryl methyl sites for hydroxylation is 1. The van der Waals surface area contributed by atoms with Gasteiger partial charge in [-0.2, -0.15) is 0 Å². The van der Waals surface area contributed by atoms with Gasteiger partial charge in [-0.3, -0.25) is 19.6 Å². The Kier molecular flexibility index (Phi) is 7.15. The van der Waals surface area contributed by atoms with Crippen molar-refractivity contribution < 1.29 is 4.79 Å². The second kappa shape index (κ2) is 11.2. The smallest absolute Gasteiger partial charge is 0.261 e. The van der Waals surface area contributed by atoms with Gasteiger partial charge in [0.25, 0.3) is 11.5 Å². The summed E-state index contributed by atoms with van der Waals surface area (Å²) in [6.45, 7) is 4.44. The quantitative estimate of drug-likeness (QED) is 0.286. The van der Waals surface area contributed by atoms with Gasteiger partial charge in [-0.15, -0.1) is 10.6 Å². The van der Waals surface area contributed by atoms with Gasteiger partial charge in [0.1, 0.15) is 5.82 Å². The first kappa shape index (κ1) is 25.6. The molecule has 3 aromatic carbocycles. The minimum absolute atomic E-state index is 0.0595. The Morgan fingerprint density at radius 2 is 1.80 bits per heavy atom. The lowest BCUT2D eigenvalue weighted by Crippen LogP contribution is -2.39. The molecule has 4 N–H and O–H groups in total. The average molecular weight is 537 g/mol. The SMILES string of the molecule is CCc1nc2ccc(NC(=O)c3ccccc3)cc2c(=O)n1CC1CCN(c2ccccc2C2=NNNN2)CC1. The number of carbonyl (C=O) groups is 1. The van der Waals surface area contributed by atoms with Crippen LogP contribution in [0.15, 0.2) is 82.7 Å². The molecule has 1 aromatic heterocycles. The molecule has 204 valence electrons. The van der Waals surface area contributed by atoms with Crippen molar-refractivity contribution in [3.8, 4) is 0 Å². The van der Waals surface area contributed by atoms with Gasteiger partial charge in [-0.1, -0.05) is 37.3 Å². The van der Waals surface area contributed by atoms with Crippen molar-refractivity contribution in [2.45, 2.75) is 32.7 Å². The predicted molar refractivity (Wildman–Crippen MR) is 157 cm³/mol. The number of para-hydroxylation sites is 1. The molecule has 1 amide bonds. The molecule has 6 rings (SSSR count). The summed E-state index contributed by atoms with van der Waals surface area (Å²) >= 11 is 0. The standard InChI is InChI=1S/C30H32N8O2/c1-2-27-32-25-13-12-22(31-29(39)21-8-4-3-5-9-21)18-24(25)30(40)38(27)19-20-14-16-37(17-15-20)26-11-7-6-10-23(26)28-33-35-36-34-28/h3-13,18,20,35-36H,2,14-17,19H2,1H3,(H,31,39)(H,33,34). The summed E-state index contributed by atoms with van der Waals surface area (Å²) in [5.41, 5.74) is 12.5. The van der Waals surface area contributed by atoms with Crippen molar-refractivity contribution in [1.82, 2.24) is 26.0 Å². The Morgan fingerprint density at radius 1 is 1.02 bits per heavy atom. The van der Waals surface area contributed by atoms with Gasteiger partial charge < -0.3 is 10.2 Å². The number of nitrogens with zero attached hydrogens (tertiary/aromatic N) is 4. The van der Waals surface area contributed by atoms with Crippen LogP contribution in [0, 0.1) is 5.92 Å². The number of hydrazone groups is 1. The lowest BCUT2D eigenvalue weighted by Gasteiger charge is -2.35. The van der Waals surface area contributed by atoms with Crippen molar-refractivity contribution in [1.29, 1.82) is 0 Å². The summed E-state index contributed by atoms with van der Waals surface area (Å²) in [7, 11) is 0. The molecule has 0 radical (unpaired) electrons. The Labute approximate surface area is 232 Å². The van der Waals surface area contributed by atoms with Gasteiger partial charge in [-0.25, -0.2) is 10.5 Å². The lowest BCUT2D eigenvalue weighted by molar-refractivity contribution is 0.102. The number of hydrazine groups is 2. The number of amidine groups is 1. The van der Waals surface area contributed by atoms with Crippen LogP contribution >= 0.6 is 0 Å². The maximum atomic E-state index is 13.7. The van der Waals surface area contributed by atoms with Crippen molar-refractivity contribution >= 4 is 34.0 Å². The van der Waals surface area contributed by atoms with E-state index in [-0.39, 0.29) is 11.5 Å². The van der Waals surface area contributed by atoms with Gasteiger partial charge >= 0.3 is 0 Å². The van der Waals surface area contributed by atoms with Gasteiger partial charge in [-0.05, 0) is 61.2 Å². The highest BCUT2D eigenvalue weighted by atomic mass is 16.1. The third kappa shape index (κ3) is 5.13. The predicted octanol–water partition coefficient (Wildman–Crippen LogP) is 3.40. The first-order chi connectivity index (χ1) is 19.6. The number of carbonyl (C=O) groups excluding carboxylic acids is 1. The summed E-state index contributed by atoms with van der Waals surface area (Å²) in [4.78, 5) is 33.6. The van der Waals surface area contributed by atoms with Crippen LogP contribution in [0.2, 0.25) is 0 Å². The van der Waals surface area contributed by atoms with Crippen molar-refractivity contribution in [3.63, 3.8) is 0 Å². The van der Waals surface area contributed by atoms with Crippen molar-refractivity contribution in [3.05, 3.63) is 100 Å². The maximum Gasteiger partial charge on any atom is 0.261 e. The highest BCUT2D eigenvalue weighted by Crippen LogP contribution is 2.28. The van der Waals surface area contributed by atoms with E-state index >= 15 is 0 Å². The number of hydrogen-bond acceptors (Lipinski definition) is 8. The number of rotatable bonds is 7. The molecule has 0 atom stereocenters. The summed E-state index contributed by atoms with van der Waals surface area (Å²) in [5.74, 6) is 1.70. The number of hydrogen-bond donors (Lipinski definition) is 4. The van der Waals surface area contributed by atoms with Crippen LogP contribution in [-0.4, -0.2) is 34.4 Å². The molecule has 0 bridgehead atoms. The molecular formula is C30H32N8O2. The molecule has 0 unspecified atom stereocenters. The summed E-state index contributed by atoms with van der Waals surface area (Å²) in [6.07, 6.45) is 2.60. The minimum atomic E-state index is -0.213. The number of nitrogens with one attached hydrogen (secondary N) is 4. The molecule has 1 fully saturated rings. The number of anilines is 2. The van der Waals surface area contributed by atoms with Gasteiger partial charge in [0, 0.05) is 48.6 Å². The fourth-order valence-corrected chi connectivity index (χ4v) is 5.49. The van der Waals surface area contributed by atoms with E-state index in [2.05, 4.69) is 43.9 Å². The van der Waals surface area contributed by atoms with E-state index in [9.17, 15) is 9.59 Å². The van der Waals surface area contributed by atoms with Gasteiger partial charge in [0.15, 0.2) is 5.84 Å². The molecule has 2 aliphatic heterocycles. The van der Waals surface area contributed by atoms with Crippen LogP contribution < -0.4 is 32.3 Å². The maximum absolute atomic E-state index is 13.7. The van der Waals surface area contributed by atoms with Crippen LogP contribution in [0.5, 0.6) is 0 Å². The minimum Gasteiger partial charge on any atom is -0.371 e. The zero-order chi connectivity index (χ0) is 27.5. The monoisotopic (exact) mass is 536 g/mol. The van der Waals surface area contributed by atoms with Crippen LogP contribution in [0.25, 0.3) is 10.9 Å². The van der Waals surface area contributed by atoms with E-state index in [1.807, 2.05) is 47.9 Å². The van der Waals surface area contributed by atoms with Gasteiger partial charge in [0.05, 0.1) is 10.9 Å². The normalized spacial score (nSPS) is 15.4. The topological polar surface area (TPSA) is 116 Å². The molecular weight excluding hydrogens is 504 g/mol. The Balaban J connectivity index is 1.20. The Morgan fingerprint density at radius 3 is 2.55 bits per heavy atom. The fraction of sp³-hybridized carbons (Fsp3) is 0.267. The number of benzene rings is 3. The van der Waals surface area contributed by atoms with E-state index in [1.165, 1.54) is 0 Å². The third-order valence-corrected chi connectivity index (χ3v) is 7.60. The zero-order valence-electron chi connectivity index (χ0n) is 22.4. The van der Waals surface area contributed by atoms with Crippen LogP contribution in [-0.2, 0) is 13.0 Å². The fourth-order valence-electron chi connectivity index (χ4n) is 5.49. The third-order valence-electron chi connectivity index (χ3n) is 7.60. The summed E-state index contributed by atoms with van der Waals surface area (Å²) < 4.78 is 1.84. The second-order valence-corrected chi connectivity index (χ2v) is 10.1. The molecule has 2 aliphatic rings. The van der Waals surface area contributed by atoms with E-state index in [1.54, 1.807) is 24.3 Å². The first-order valence-corrected chi connectivity index (χ1v) is 13.7. The second-order valence-electron chi connectivity index (χ2n) is 10.1. The number of aromatic nitrogens is 2. The van der Waals surface area contributed by atoms with Crippen LogP contribution in [0.3, 0.4) is 0 Å². The molecule has 0 saturated carbocycles. The van der Waals surface area contributed by atoms with Crippen LogP contribution in [0.4, 0.5) is 11.4 Å². The molecule has 0 aliphatic carbocycles.